The summed E-state index contributed by atoms with van der Waals surface area (Å²) in [7, 11) is 1.70. The molecule has 2 N–H and O–H groups in total. The summed E-state index contributed by atoms with van der Waals surface area (Å²) in [5.41, 5.74) is 1.86. The number of nitrogens with zero attached hydrogens (tertiary/aromatic N) is 3. The van der Waals surface area contributed by atoms with Crippen LogP contribution in [-0.2, 0) is 16.1 Å². The van der Waals surface area contributed by atoms with Gasteiger partial charge in [0.25, 0.3) is 0 Å². The van der Waals surface area contributed by atoms with Gasteiger partial charge in [0.05, 0.1) is 31.4 Å². The Hall–Kier alpha value is -2.14. The van der Waals surface area contributed by atoms with E-state index in [1.807, 2.05) is 49.1 Å². The zero-order valence-electron chi connectivity index (χ0n) is 17.7. The number of aliphatic imine (C=N–C) groups is 1. The molecule has 1 aliphatic rings. The highest BCUT2D eigenvalue weighted by molar-refractivity contribution is 14.0. The monoisotopic (exact) mass is 527 g/mol. The van der Waals surface area contributed by atoms with Crippen molar-refractivity contribution in [1.29, 1.82) is 0 Å². The number of ether oxygens (including phenoxy) is 1. The van der Waals surface area contributed by atoms with E-state index in [-0.39, 0.29) is 35.8 Å². The molecule has 9 heteroatoms. The van der Waals surface area contributed by atoms with Gasteiger partial charge in [-0.3, -0.25) is 9.79 Å². The van der Waals surface area contributed by atoms with E-state index >= 15 is 0 Å². The first-order chi connectivity index (χ1) is 14.1. The van der Waals surface area contributed by atoms with Gasteiger partial charge in [0.2, 0.25) is 11.8 Å². The van der Waals surface area contributed by atoms with Crippen molar-refractivity contribution in [2.24, 2.45) is 4.99 Å². The van der Waals surface area contributed by atoms with Gasteiger partial charge in [-0.1, -0.05) is 30.3 Å². The number of oxazole rings is 1. The minimum absolute atomic E-state index is 0. The van der Waals surface area contributed by atoms with Crippen molar-refractivity contribution in [3.63, 3.8) is 0 Å². The first-order valence-corrected chi connectivity index (χ1v) is 9.87. The second-order valence-electron chi connectivity index (χ2n) is 6.96. The van der Waals surface area contributed by atoms with Crippen LogP contribution < -0.4 is 10.6 Å². The van der Waals surface area contributed by atoms with Crippen LogP contribution in [-0.4, -0.2) is 61.6 Å². The highest BCUT2D eigenvalue weighted by atomic mass is 127. The Balaban J connectivity index is 0.00000320. The largest absolute Gasteiger partial charge is 0.444 e. The molecule has 1 unspecified atom stereocenters. The predicted octanol–water partition coefficient (Wildman–Crippen LogP) is 2.22. The van der Waals surface area contributed by atoms with Crippen molar-refractivity contribution < 1.29 is 13.9 Å². The zero-order valence-corrected chi connectivity index (χ0v) is 20.0. The number of carbonyl (C=O) groups is 1. The highest BCUT2D eigenvalue weighted by Gasteiger charge is 2.27. The Kier molecular flexibility index (Phi) is 9.57. The Labute approximate surface area is 194 Å². The van der Waals surface area contributed by atoms with Gasteiger partial charge < -0.3 is 24.7 Å². The number of guanidine groups is 1. The number of morpholine rings is 1. The molecule has 0 radical (unpaired) electrons. The van der Waals surface area contributed by atoms with E-state index in [2.05, 4.69) is 20.6 Å². The van der Waals surface area contributed by atoms with Crippen LogP contribution in [0.3, 0.4) is 0 Å². The van der Waals surface area contributed by atoms with E-state index in [9.17, 15) is 4.79 Å². The molecule has 0 spiro atoms. The van der Waals surface area contributed by atoms with E-state index in [1.165, 1.54) is 0 Å². The number of halogens is 1. The van der Waals surface area contributed by atoms with E-state index in [0.29, 0.717) is 51.2 Å². The summed E-state index contributed by atoms with van der Waals surface area (Å²) >= 11 is 0. The van der Waals surface area contributed by atoms with Crippen molar-refractivity contribution in [2.75, 3.05) is 39.9 Å². The molecule has 0 saturated carbocycles. The van der Waals surface area contributed by atoms with Gasteiger partial charge in [-0.05, 0) is 19.4 Å². The first kappa shape index (κ1) is 24.1. The third-order valence-corrected chi connectivity index (χ3v) is 5.00. The summed E-state index contributed by atoms with van der Waals surface area (Å²) in [5, 5.41) is 6.46. The predicted molar refractivity (Wildman–Crippen MR) is 126 cm³/mol. The Morgan fingerprint density at radius 1 is 1.20 bits per heavy atom. The number of hydrogen-bond donors (Lipinski definition) is 2. The zero-order chi connectivity index (χ0) is 20.6. The van der Waals surface area contributed by atoms with Crippen LogP contribution in [0.2, 0.25) is 0 Å². The second kappa shape index (κ2) is 11.9. The van der Waals surface area contributed by atoms with Crippen LogP contribution in [0.25, 0.3) is 0 Å². The molecule has 1 atom stereocenters. The fourth-order valence-corrected chi connectivity index (χ4v) is 3.23. The molecule has 1 aliphatic heterocycles. The lowest BCUT2D eigenvalue weighted by molar-refractivity contribution is -0.136. The molecular formula is C21H30IN5O3. The number of rotatable bonds is 6. The quantitative estimate of drug-likeness (QED) is 0.340. The topological polar surface area (TPSA) is 92.0 Å². The summed E-state index contributed by atoms with van der Waals surface area (Å²) in [5.74, 6) is 1.80. The van der Waals surface area contributed by atoms with Gasteiger partial charge in [0, 0.05) is 26.7 Å². The van der Waals surface area contributed by atoms with Crippen molar-refractivity contribution in [2.45, 2.75) is 26.3 Å². The second-order valence-corrected chi connectivity index (χ2v) is 6.96. The van der Waals surface area contributed by atoms with Crippen LogP contribution in [0, 0.1) is 13.8 Å². The van der Waals surface area contributed by atoms with E-state index in [1.54, 1.807) is 7.05 Å². The molecule has 1 aromatic heterocycles. The maximum absolute atomic E-state index is 13.2. The number of amides is 1. The third kappa shape index (κ3) is 6.43. The van der Waals surface area contributed by atoms with Gasteiger partial charge in [-0.15, -0.1) is 24.0 Å². The average Bonchev–Trinajstić information content (AvgIpc) is 3.09. The molecule has 1 amide bonds. The lowest BCUT2D eigenvalue weighted by Gasteiger charge is -2.31. The standard InChI is InChI=1S/C21H29N5O3.HI/c1-15-16(2)29-19(25-15)14-24-21(22-3)23-13-18(17-7-5-4-6-8-17)20(27)26-9-11-28-12-10-26;/h4-8,18H,9-14H2,1-3H3,(H2,22,23,24);1H. The van der Waals surface area contributed by atoms with Crippen LogP contribution >= 0.6 is 24.0 Å². The fourth-order valence-electron chi connectivity index (χ4n) is 3.23. The van der Waals surface area contributed by atoms with E-state index in [0.717, 1.165) is 17.0 Å². The van der Waals surface area contributed by atoms with Crippen LogP contribution in [0.15, 0.2) is 39.7 Å². The lowest BCUT2D eigenvalue weighted by atomic mass is 9.97. The number of carbonyl (C=O) groups excluding carboxylic acids is 1. The molecular weight excluding hydrogens is 497 g/mol. The Morgan fingerprint density at radius 2 is 1.90 bits per heavy atom. The van der Waals surface area contributed by atoms with Crippen LogP contribution in [0.4, 0.5) is 0 Å². The molecule has 2 heterocycles. The van der Waals surface area contributed by atoms with Gasteiger partial charge in [-0.25, -0.2) is 4.98 Å². The summed E-state index contributed by atoms with van der Waals surface area (Å²) < 4.78 is 11.0. The molecule has 164 valence electrons. The summed E-state index contributed by atoms with van der Waals surface area (Å²) in [6, 6.07) is 9.83. The van der Waals surface area contributed by atoms with Gasteiger partial charge in [0.1, 0.15) is 5.76 Å². The maximum atomic E-state index is 13.2. The number of aryl methyl sites for hydroxylation is 2. The normalized spacial score (nSPS) is 15.3. The summed E-state index contributed by atoms with van der Waals surface area (Å²) in [6.07, 6.45) is 0. The molecule has 3 rings (SSSR count). The summed E-state index contributed by atoms with van der Waals surface area (Å²) in [6.45, 7) is 7.07. The average molecular weight is 527 g/mol. The highest BCUT2D eigenvalue weighted by Crippen LogP contribution is 2.19. The number of nitrogens with one attached hydrogen (secondary N) is 2. The molecule has 0 bridgehead atoms. The molecule has 8 nitrogen and oxygen atoms in total. The van der Waals surface area contributed by atoms with Crippen LogP contribution in [0.5, 0.6) is 0 Å². The SMILES string of the molecule is CN=C(NCc1nc(C)c(C)o1)NCC(C(=O)N1CCOCC1)c1ccccc1.I. The molecule has 2 aromatic rings. The number of hydrogen-bond acceptors (Lipinski definition) is 5. The molecule has 30 heavy (non-hydrogen) atoms. The lowest BCUT2D eigenvalue weighted by Crippen LogP contribution is -2.47. The van der Waals surface area contributed by atoms with E-state index in [4.69, 9.17) is 9.15 Å². The Bertz CT molecular complexity index is 815. The van der Waals surface area contributed by atoms with Crippen molar-refractivity contribution >= 4 is 35.8 Å². The van der Waals surface area contributed by atoms with Crippen LogP contribution in [0.1, 0.15) is 28.8 Å². The minimum Gasteiger partial charge on any atom is -0.444 e. The number of aromatic nitrogens is 1. The molecule has 0 aliphatic carbocycles. The molecule has 1 fully saturated rings. The van der Waals surface area contributed by atoms with Gasteiger partial charge in [-0.2, -0.15) is 0 Å². The summed E-state index contributed by atoms with van der Waals surface area (Å²) in [4.78, 5) is 23.7. The smallest absolute Gasteiger partial charge is 0.232 e. The van der Waals surface area contributed by atoms with Crippen molar-refractivity contribution in [3.05, 3.63) is 53.2 Å². The first-order valence-electron chi connectivity index (χ1n) is 9.87. The Morgan fingerprint density at radius 3 is 2.50 bits per heavy atom. The van der Waals surface area contributed by atoms with Crippen molar-refractivity contribution in [1.82, 2.24) is 20.5 Å². The molecule has 1 saturated heterocycles. The van der Waals surface area contributed by atoms with Crippen molar-refractivity contribution in [3.8, 4) is 0 Å². The van der Waals surface area contributed by atoms with Gasteiger partial charge in [0.15, 0.2) is 5.96 Å². The fraction of sp³-hybridized carbons (Fsp3) is 0.476. The minimum atomic E-state index is -0.306. The number of benzene rings is 1. The third-order valence-electron chi connectivity index (χ3n) is 5.00. The van der Waals surface area contributed by atoms with E-state index < -0.39 is 0 Å². The maximum Gasteiger partial charge on any atom is 0.232 e. The molecule has 1 aromatic carbocycles. The van der Waals surface area contributed by atoms with Gasteiger partial charge >= 0.3 is 0 Å².